The van der Waals surface area contributed by atoms with Gasteiger partial charge >= 0.3 is 0 Å². The molecule has 0 bridgehead atoms. The topological polar surface area (TPSA) is 53.4 Å². The minimum Gasteiger partial charge on any atom is -0.387 e. The maximum absolute atomic E-state index is 10.4. The van der Waals surface area contributed by atoms with Crippen LogP contribution in [-0.4, -0.2) is 20.8 Å². The molecule has 0 radical (unpaired) electrons. The first-order chi connectivity index (χ1) is 7.62. The summed E-state index contributed by atoms with van der Waals surface area (Å²) in [6.07, 6.45) is 5.79. The number of nitrogens with zero attached hydrogens (tertiary/aromatic N) is 1. The van der Waals surface area contributed by atoms with Crippen molar-refractivity contribution >= 4 is 0 Å². The Hall–Kier alpha value is -0.930. The maximum atomic E-state index is 10.4. The van der Waals surface area contributed by atoms with Gasteiger partial charge in [0.2, 0.25) is 0 Å². The molecule has 0 spiro atoms. The molecule has 1 aromatic heterocycles. The Morgan fingerprint density at radius 1 is 1.44 bits per heavy atom. The molecule has 3 heteroatoms. The van der Waals surface area contributed by atoms with Crippen LogP contribution in [0.5, 0.6) is 0 Å². The molecular weight excluding hydrogens is 202 g/mol. The van der Waals surface area contributed by atoms with Gasteiger partial charge in [-0.3, -0.25) is 4.98 Å². The summed E-state index contributed by atoms with van der Waals surface area (Å²) in [6, 6.07) is 3.60. The SMILES string of the molecule is CC1CCC(O)(C(O)c2cccnc2)CC1. The summed E-state index contributed by atoms with van der Waals surface area (Å²) in [5, 5.41) is 20.6. The van der Waals surface area contributed by atoms with Crippen molar-refractivity contribution in [1.29, 1.82) is 0 Å². The fourth-order valence-electron chi connectivity index (χ4n) is 2.38. The standard InChI is InChI=1S/C13H19NO2/c1-10-4-6-13(16,7-5-10)12(15)11-3-2-8-14-9-11/h2-3,8-10,12,15-16H,4-7H2,1H3. The first-order valence-electron chi connectivity index (χ1n) is 5.92. The van der Waals surface area contributed by atoms with Gasteiger partial charge in [-0.05, 0) is 37.7 Å². The third-order valence-electron chi connectivity index (χ3n) is 3.65. The minimum atomic E-state index is -0.963. The molecule has 1 aliphatic rings. The number of hydrogen-bond donors (Lipinski definition) is 2. The molecule has 1 unspecified atom stereocenters. The number of hydrogen-bond acceptors (Lipinski definition) is 3. The van der Waals surface area contributed by atoms with Crippen molar-refractivity contribution in [1.82, 2.24) is 4.98 Å². The molecule has 0 saturated heterocycles. The van der Waals surface area contributed by atoms with Crippen LogP contribution in [0, 0.1) is 5.92 Å². The summed E-state index contributed by atoms with van der Waals surface area (Å²) in [4.78, 5) is 3.98. The van der Waals surface area contributed by atoms with E-state index in [1.165, 1.54) is 0 Å². The monoisotopic (exact) mass is 221 g/mol. The predicted octanol–water partition coefficient (Wildman–Crippen LogP) is 2.06. The van der Waals surface area contributed by atoms with Crippen molar-refractivity contribution in [2.75, 3.05) is 0 Å². The molecule has 3 nitrogen and oxygen atoms in total. The van der Waals surface area contributed by atoms with Crippen LogP contribution < -0.4 is 0 Å². The third kappa shape index (κ3) is 2.25. The summed E-state index contributed by atoms with van der Waals surface area (Å²) >= 11 is 0. The summed E-state index contributed by atoms with van der Waals surface area (Å²) in [5.74, 6) is 0.654. The Labute approximate surface area is 96.2 Å². The zero-order valence-electron chi connectivity index (χ0n) is 9.63. The fraction of sp³-hybridized carbons (Fsp3) is 0.615. The van der Waals surface area contributed by atoms with E-state index in [2.05, 4.69) is 11.9 Å². The summed E-state index contributed by atoms with van der Waals surface area (Å²) in [5.41, 5.74) is -0.255. The molecule has 1 fully saturated rings. The van der Waals surface area contributed by atoms with Crippen molar-refractivity contribution in [2.45, 2.75) is 44.3 Å². The predicted molar refractivity (Wildman–Crippen MR) is 61.8 cm³/mol. The lowest BCUT2D eigenvalue weighted by Gasteiger charge is -2.38. The third-order valence-corrected chi connectivity index (χ3v) is 3.65. The van der Waals surface area contributed by atoms with Gasteiger partial charge in [-0.25, -0.2) is 0 Å². The Bertz CT molecular complexity index is 331. The number of aliphatic hydroxyl groups is 2. The molecule has 0 aliphatic heterocycles. The quantitative estimate of drug-likeness (QED) is 0.803. The highest BCUT2D eigenvalue weighted by Crippen LogP contribution is 2.39. The Balaban J connectivity index is 2.12. The van der Waals surface area contributed by atoms with Gasteiger partial charge in [-0.15, -0.1) is 0 Å². The van der Waals surface area contributed by atoms with Crippen LogP contribution in [0.4, 0.5) is 0 Å². The van der Waals surface area contributed by atoms with Gasteiger partial charge in [-0.1, -0.05) is 13.0 Å². The van der Waals surface area contributed by atoms with Gasteiger partial charge in [0.15, 0.2) is 0 Å². The lowest BCUT2D eigenvalue weighted by molar-refractivity contribution is -0.105. The van der Waals surface area contributed by atoms with E-state index in [4.69, 9.17) is 0 Å². The number of aromatic nitrogens is 1. The number of pyridine rings is 1. The van der Waals surface area contributed by atoms with Gasteiger partial charge in [0.1, 0.15) is 6.10 Å². The van der Waals surface area contributed by atoms with Crippen molar-refractivity contribution in [2.24, 2.45) is 5.92 Å². The van der Waals surface area contributed by atoms with Gasteiger partial charge < -0.3 is 10.2 Å². The molecule has 0 amide bonds. The Morgan fingerprint density at radius 2 is 2.12 bits per heavy atom. The van der Waals surface area contributed by atoms with E-state index < -0.39 is 11.7 Å². The second-order valence-electron chi connectivity index (χ2n) is 4.97. The molecule has 16 heavy (non-hydrogen) atoms. The summed E-state index contributed by atoms with van der Waals surface area (Å²) in [6.45, 7) is 2.19. The van der Waals surface area contributed by atoms with Crippen LogP contribution in [0.3, 0.4) is 0 Å². The highest BCUT2D eigenvalue weighted by atomic mass is 16.3. The Kier molecular flexibility index (Phi) is 3.26. The highest BCUT2D eigenvalue weighted by molar-refractivity contribution is 5.16. The van der Waals surface area contributed by atoms with Gasteiger partial charge in [-0.2, -0.15) is 0 Å². The Morgan fingerprint density at radius 3 is 2.69 bits per heavy atom. The first kappa shape index (κ1) is 11.6. The van der Waals surface area contributed by atoms with E-state index in [0.717, 1.165) is 12.8 Å². The lowest BCUT2D eigenvalue weighted by Crippen LogP contribution is -2.39. The normalized spacial score (nSPS) is 32.3. The van der Waals surface area contributed by atoms with Crippen molar-refractivity contribution in [3.8, 4) is 0 Å². The van der Waals surface area contributed by atoms with E-state index in [1.807, 2.05) is 6.07 Å². The first-order valence-corrected chi connectivity index (χ1v) is 5.92. The van der Waals surface area contributed by atoms with E-state index in [1.54, 1.807) is 18.5 Å². The van der Waals surface area contributed by atoms with E-state index >= 15 is 0 Å². The molecule has 1 aromatic rings. The second kappa shape index (κ2) is 4.52. The smallest absolute Gasteiger partial charge is 0.109 e. The van der Waals surface area contributed by atoms with Crippen LogP contribution in [0.25, 0.3) is 0 Å². The molecular formula is C13H19NO2. The minimum absolute atomic E-state index is 0.654. The summed E-state index contributed by atoms with van der Waals surface area (Å²) in [7, 11) is 0. The molecule has 2 rings (SSSR count). The van der Waals surface area contributed by atoms with Crippen molar-refractivity contribution in [3.63, 3.8) is 0 Å². The molecule has 1 saturated carbocycles. The van der Waals surface area contributed by atoms with Crippen LogP contribution >= 0.6 is 0 Å². The van der Waals surface area contributed by atoms with Crippen molar-refractivity contribution < 1.29 is 10.2 Å². The fourth-order valence-corrected chi connectivity index (χ4v) is 2.38. The largest absolute Gasteiger partial charge is 0.387 e. The zero-order chi connectivity index (χ0) is 11.6. The number of rotatable bonds is 2. The molecule has 1 aliphatic carbocycles. The number of aliphatic hydroxyl groups excluding tert-OH is 1. The van der Waals surface area contributed by atoms with Crippen LogP contribution in [0.1, 0.15) is 44.3 Å². The van der Waals surface area contributed by atoms with Crippen LogP contribution in [-0.2, 0) is 0 Å². The van der Waals surface area contributed by atoms with E-state index in [-0.39, 0.29) is 0 Å². The molecule has 88 valence electrons. The van der Waals surface area contributed by atoms with E-state index in [9.17, 15) is 10.2 Å². The van der Waals surface area contributed by atoms with Crippen LogP contribution in [0.15, 0.2) is 24.5 Å². The van der Waals surface area contributed by atoms with Gasteiger partial charge in [0.05, 0.1) is 5.60 Å². The zero-order valence-corrected chi connectivity index (χ0v) is 9.63. The van der Waals surface area contributed by atoms with Crippen LogP contribution in [0.2, 0.25) is 0 Å². The van der Waals surface area contributed by atoms with E-state index in [0.29, 0.717) is 24.3 Å². The highest BCUT2D eigenvalue weighted by Gasteiger charge is 2.39. The molecule has 1 atom stereocenters. The van der Waals surface area contributed by atoms with Gasteiger partial charge in [0.25, 0.3) is 0 Å². The molecule has 1 heterocycles. The second-order valence-corrected chi connectivity index (χ2v) is 4.97. The average Bonchev–Trinajstić information content (AvgIpc) is 2.33. The molecule has 2 N–H and O–H groups in total. The van der Waals surface area contributed by atoms with Gasteiger partial charge in [0, 0.05) is 18.0 Å². The molecule has 0 aromatic carbocycles. The lowest BCUT2D eigenvalue weighted by atomic mass is 9.75. The average molecular weight is 221 g/mol. The summed E-state index contributed by atoms with van der Waals surface area (Å²) < 4.78 is 0. The maximum Gasteiger partial charge on any atom is 0.109 e. The van der Waals surface area contributed by atoms with Crippen molar-refractivity contribution in [3.05, 3.63) is 30.1 Å².